The fourth-order valence-corrected chi connectivity index (χ4v) is 2.59. The van der Waals surface area contributed by atoms with Crippen LogP contribution < -0.4 is 0 Å². The maximum absolute atomic E-state index is 5.57. The number of nitrogens with one attached hydrogen (secondary N) is 1. The number of rotatable bonds is 4. The summed E-state index contributed by atoms with van der Waals surface area (Å²) in [5.41, 5.74) is 2.02. The average molecular weight is 274 g/mol. The zero-order chi connectivity index (χ0) is 13.9. The molecule has 0 spiro atoms. The lowest BCUT2D eigenvalue weighted by Gasteiger charge is -2.13. The van der Waals surface area contributed by atoms with E-state index in [0.717, 1.165) is 36.7 Å². The molecule has 0 aromatic carbocycles. The van der Waals surface area contributed by atoms with E-state index in [1.807, 2.05) is 19.3 Å². The van der Waals surface area contributed by atoms with E-state index in [9.17, 15) is 0 Å². The number of aryl methyl sites for hydroxylation is 1. The van der Waals surface area contributed by atoms with Gasteiger partial charge in [0.15, 0.2) is 0 Å². The minimum Gasteiger partial charge on any atom is -0.379 e. The van der Waals surface area contributed by atoms with E-state index in [-0.39, 0.29) is 12.0 Å². The van der Waals surface area contributed by atoms with Crippen molar-refractivity contribution in [2.45, 2.75) is 25.5 Å². The van der Waals surface area contributed by atoms with E-state index in [0.29, 0.717) is 0 Å². The number of hydrogen-bond acceptors (Lipinski definition) is 6. The number of H-pyrrole nitrogens is 1. The van der Waals surface area contributed by atoms with Gasteiger partial charge in [0, 0.05) is 38.5 Å². The summed E-state index contributed by atoms with van der Waals surface area (Å²) in [7, 11) is 1.74. The third kappa shape index (κ3) is 2.68. The molecular weight excluding hydrogens is 256 g/mol. The summed E-state index contributed by atoms with van der Waals surface area (Å²) in [5, 5.41) is 10.7. The Kier molecular flexibility index (Phi) is 3.70. The van der Waals surface area contributed by atoms with Crippen molar-refractivity contribution >= 4 is 0 Å². The Hall–Kier alpha value is -1.86. The molecule has 1 fully saturated rings. The van der Waals surface area contributed by atoms with Gasteiger partial charge in [0.1, 0.15) is 5.82 Å². The lowest BCUT2D eigenvalue weighted by atomic mass is 10.0. The Morgan fingerprint density at radius 3 is 2.75 bits per heavy atom. The van der Waals surface area contributed by atoms with Crippen molar-refractivity contribution in [3.63, 3.8) is 0 Å². The van der Waals surface area contributed by atoms with Crippen LogP contribution in [0.3, 0.4) is 0 Å². The molecule has 3 heterocycles. The maximum atomic E-state index is 5.57. The van der Waals surface area contributed by atoms with Gasteiger partial charge in [-0.3, -0.25) is 4.90 Å². The highest BCUT2D eigenvalue weighted by Crippen LogP contribution is 2.28. The fourth-order valence-electron chi connectivity index (χ4n) is 2.59. The molecular formula is C13H18N6O. The van der Waals surface area contributed by atoms with Gasteiger partial charge in [-0.25, -0.2) is 9.97 Å². The van der Waals surface area contributed by atoms with Crippen molar-refractivity contribution in [2.75, 3.05) is 20.2 Å². The summed E-state index contributed by atoms with van der Waals surface area (Å²) < 4.78 is 5.57. The van der Waals surface area contributed by atoms with Crippen LogP contribution >= 0.6 is 0 Å². The number of likely N-dealkylation sites (tertiary alicyclic amines) is 1. The van der Waals surface area contributed by atoms with Crippen molar-refractivity contribution < 1.29 is 4.74 Å². The first-order chi connectivity index (χ1) is 9.76. The molecule has 3 rings (SSSR count). The minimum atomic E-state index is 0.130. The molecule has 0 amide bonds. The first-order valence-corrected chi connectivity index (χ1v) is 6.64. The van der Waals surface area contributed by atoms with Crippen molar-refractivity contribution in [3.8, 4) is 0 Å². The van der Waals surface area contributed by atoms with E-state index in [2.05, 4.69) is 30.3 Å². The van der Waals surface area contributed by atoms with E-state index >= 15 is 0 Å². The highest BCUT2D eigenvalue weighted by atomic mass is 16.5. The monoisotopic (exact) mass is 274 g/mol. The molecule has 2 aromatic rings. The first-order valence-electron chi connectivity index (χ1n) is 6.64. The fraction of sp³-hybridized carbons (Fsp3) is 0.538. The van der Waals surface area contributed by atoms with Gasteiger partial charge in [0.05, 0.1) is 24.5 Å². The topological polar surface area (TPSA) is 79.8 Å². The van der Waals surface area contributed by atoms with Crippen LogP contribution in [-0.4, -0.2) is 56.6 Å². The second-order valence-corrected chi connectivity index (χ2v) is 5.15. The first kappa shape index (κ1) is 13.1. The van der Waals surface area contributed by atoms with Crippen LogP contribution in [0.15, 0.2) is 18.6 Å². The molecule has 0 radical (unpaired) electrons. The van der Waals surface area contributed by atoms with Crippen LogP contribution in [-0.2, 0) is 11.3 Å². The molecule has 1 aliphatic rings. The quantitative estimate of drug-likeness (QED) is 0.875. The smallest absolute Gasteiger partial charge is 0.142 e. The molecule has 2 atom stereocenters. The Balaban J connectivity index is 1.69. The second-order valence-electron chi connectivity index (χ2n) is 5.15. The van der Waals surface area contributed by atoms with E-state index in [4.69, 9.17) is 4.74 Å². The zero-order valence-corrected chi connectivity index (χ0v) is 11.7. The van der Waals surface area contributed by atoms with Crippen molar-refractivity contribution in [2.24, 2.45) is 0 Å². The minimum absolute atomic E-state index is 0.130. The van der Waals surface area contributed by atoms with Crippen LogP contribution in [0.5, 0.6) is 0 Å². The molecule has 0 unspecified atom stereocenters. The summed E-state index contributed by atoms with van der Waals surface area (Å²) in [4.78, 5) is 11.0. The molecule has 0 saturated carbocycles. The Morgan fingerprint density at radius 2 is 2.10 bits per heavy atom. The number of aromatic nitrogens is 5. The third-order valence-corrected chi connectivity index (χ3v) is 3.66. The summed E-state index contributed by atoms with van der Waals surface area (Å²) in [6.45, 7) is 4.45. The predicted octanol–water partition coefficient (Wildman–Crippen LogP) is 0.518. The van der Waals surface area contributed by atoms with Crippen LogP contribution in [0.1, 0.15) is 23.0 Å². The molecule has 7 nitrogen and oxygen atoms in total. The van der Waals surface area contributed by atoms with Crippen LogP contribution in [0.4, 0.5) is 0 Å². The van der Waals surface area contributed by atoms with Gasteiger partial charge in [-0.15, -0.1) is 0 Å². The molecule has 7 heteroatoms. The third-order valence-electron chi connectivity index (χ3n) is 3.66. The summed E-state index contributed by atoms with van der Waals surface area (Å²) in [6, 6.07) is 0. The summed E-state index contributed by atoms with van der Waals surface area (Å²) in [5.74, 6) is 1.08. The number of nitrogens with zero attached hydrogens (tertiary/aromatic N) is 5. The summed E-state index contributed by atoms with van der Waals surface area (Å²) in [6.07, 6.45) is 5.59. The number of aromatic amines is 1. The molecule has 1 saturated heterocycles. The normalized spacial score (nSPS) is 23.3. The molecule has 1 N–H and O–H groups in total. The van der Waals surface area contributed by atoms with Gasteiger partial charge in [0.2, 0.25) is 0 Å². The van der Waals surface area contributed by atoms with Crippen molar-refractivity contribution in [1.82, 2.24) is 30.3 Å². The molecule has 106 valence electrons. The molecule has 1 aliphatic heterocycles. The van der Waals surface area contributed by atoms with Gasteiger partial charge in [0.25, 0.3) is 0 Å². The number of ether oxygens (including phenoxy) is 1. The van der Waals surface area contributed by atoms with Crippen LogP contribution in [0.2, 0.25) is 0 Å². The standard InChI is InChI=1S/C13H18N6O/c1-9-3-14-13(15-4-9)8-19-6-10(12(7-19)20-2)11-5-16-18-17-11/h3-5,10,12H,6-8H2,1-2H3,(H,16,17,18)/t10-,12+/m0/s1. The summed E-state index contributed by atoms with van der Waals surface area (Å²) >= 11 is 0. The van der Waals surface area contributed by atoms with Gasteiger partial charge in [-0.05, 0) is 12.5 Å². The Morgan fingerprint density at radius 1 is 1.30 bits per heavy atom. The maximum Gasteiger partial charge on any atom is 0.142 e. The van der Waals surface area contributed by atoms with Crippen molar-refractivity contribution in [3.05, 3.63) is 35.7 Å². The average Bonchev–Trinajstić information content (AvgIpc) is 3.10. The molecule has 0 aliphatic carbocycles. The van der Waals surface area contributed by atoms with Crippen molar-refractivity contribution in [1.29, 1.82) is 0 Å². The Bertz CT molecular complexity index is 540. The van der Waals surface area contributed by atoms with Crippen LogP contribution in [0.25, 0.3) is 0 Å². The molecule has 20 heavy (non-hydrogen) atoms. The van der Waals surface area contributed by atoms with Gasteiger partial charge in [-0.1, -0.05) is 0 Å². The lowest BCUT2D eigenvalue weighted by molar-refractivity contribution is 0.0955. The Labute approximate surface area is 117 Å². The van der Waals surface area contributed by atoms with Gasteiger partial charge < -0.3 is 4.74 Å². The number of methoxy groups -OCH3 is 1. The highest BCUT2D eigenvalue weighted by Gasteiger charge is 2.35. The highest BCUT2D eigenvalue weighted by molar-refractivity contribution is 5.10. The van der Waals surface area contributed by atoms with E-state index < -0.39 is 0 Å². The lowest BCUT2D eigenvalue weighted by Crippen LogP contribution is -2.23. The SMILES string of the molecule is CO[C@@H]1CN(Cc2ncc(C)cn2)C[C@H]1c1cn[nH]n1. The van der Waals surface area contributed by atoms with Gasteiger partial charge in [-0.2, -0.15) is 15.4 Å². The van der Waals surface area contributed by atoms with E-state index in [1.54, 1.807) is 13.3 Å². The second kappa shape index (κ2) is 5.64. The van der Waals surface area contributed by atoms with Crippen LogP contribution in [0, 0.1) is 6.92 Å². The number of hydrogen-bond donors (Lipinski definition) is 1. The van der Waals surface area contributed by atoms with E-state index in [1.165, 1.54) is 0 Å². The molecule has 2 aromatic heterocycles. The van der Waals surface area contributed by atoms with Gasteiger partial charge >= 0.3 is 0 Å². The zero-order valence-electron chi connectivity index (χ0n) is 11.7. The largest absolute Gasteiger partial charge is 0.379 e. The molecule has 0 bridgehead atoms. The predicted molar refractivity (Wildman–Crippen MR) is 72.0 cm³/mol.